The molecule has 1 saturated carbocycles. The van der Waals surface area contributed by atoms with Crippen LogP contribution in [0.1, 0.15) is 24.0 Å². The molecule has 140 valence electrons. The quantitative estimate of drug-likeness (QED) is 0.820. The van der Waals surface area contributed by atoms with E-state index in [9.17, 15) is 4.79 Å². The first-order valence-corrected chi connectivity index (χ1v) is 9.96. The number of carbonyl (C=O) groups is 1. The summed E-state index contributed by atoms with van der Waals surface area (Å²) in [5.74, 6) is 0.194. The largest absolute Gasteiger partial charge is 0.354 e. The molecule has 4 heteroatoms. The Bertz CT molecular complexity index is 811. The molecule has 27 heavy (non-hydrogen) atoms. The molecule has 1 aliphatic carbocycles. The van der Waals surface area contributed by atoms with Crippen molar-refractivity contribution in [1.29, 1.82) is 0 Å². The topological polar surface area (TPSA) is 32.8 Å². The van der Waals surface area contributed by atoms with E-state index in [-0.39, 0.29) is 11.5 Å². The fourth-order valence-corrected chi connectivity index (χ4v) is 4.58. The normalized spacial score (nSPS) is 22.8. The smallest absolute Gasteiger partial charge is 0.255 e. The lowest BCUT2D eigenvalue weighted by Crippen LogP contribution is -2.73. The van der Waals surface area contributed by atoms with E-state index in [0.717, 1.165) is 38.9 Å². The minimum atomic E-state index is -0.515. The van der Waals surface area contributed by atoms with Crippen LogP contribution in [0.25, 0.3) is 0 Å². The van der Waals surface area contributed by atoms with E-state index in [2.05, 4.69) is 47.4 Å². The van der Waals surface area contributed by atoms with Gasteiger partial charge in [-0.25, -0.2) is 0 Å². The van der Waals surface area contributed by atoms with Gasteiger partial charge in [0.1, 0.15) is 11.2 Å². The van der Waals surface area contributed by atoms with Crippen LogP contribution in [0.3, 0.4) is 0 Å². The summed E-state index contributed by atoms with van der Waals surface area (Å²) in [6, 6.07) is 20.9. The molecule has 0 aromatic heterocycles. The number of likely N-dealkylation sites (tertiary alicyclic amines) is 1. The third-order valence-electron chi connectivity index (χ3n) is 6.07. The van der Waals surface area contributed by atoms with Gasteiger partial charge in [-0.2, -0.15) is 0 Å². The zero-order valence-corrected chi connectivity index (χ0v) is 15.6. The van der Waals surface area contributed by atoms with E-state index in [1.54, 1.807) is 0 Å². The van der Waals surface area contributed by atoms with Gasteiger partial charge < -0.3 is 9.64 Å². The lowest BCUT2D eigenvalue weighted by molar-refractivity contribution is -0.226. The second-order valence-electron chi connectivity index (χ2n) is 8.37. The van der Waals surface area contributed by atoms with Gasteiger partial charge in [0.05, 0.1) is 6.54 Å². The van der Waals surface area contributed by atoms with Gasteiger partial charge in [-0.1, -0.05) is 60.7 Å². The van der Waals surface area contributed by atoms with Crippen LogP contribution in [0, 0.1) is 0 Å². The Morgan fingerprint density at radius 2 is 1.48 bits per heavy atom. The first-order valence-electron chi connectivity index (χ1n) is 9.96. The van der Waals surface area contributed by atoms with Gasteiger partial charge in [-0.3, -0.25) is 9.69 Å². The Hall–Kier alpha value is -2.17. The number of carbonyl (C=O) groups excluding carboxylic acids is 1. The zero-order valence-electron chi connectivity index (χ0n) is 15.6. The summed E-state index contributed by atoms with van der Waals surface area (Å²) in [6.07, 6.45) is 2.82. The molecule has 4 nitrogen and oxygen atoms in total. The van der Waals surface area contributed by atoms with Crippen molar-refractivity contribution in [1.82, 2.24) is 9.80 Å². The Morgan fingerprint density at radius 1 is 0.852 bits per heavy atom. The molecule has 0 bridgehead atoms. The van der Waals surface area contributed by atoms with Crippen LogP contribution < -0.4 is 0 Å². The molecule has 2 spiro atoms. The van der Waals surface area contributed by atoms with Gasteiger partial charge in [0.2, 0.25) is 0 Å². The summed E-state index contributed by atoms with van der Waals surface area (Å²) in [5.41, 5.74) is 1.88. The molecule has 2 heterocycles. The number of nitrogens with zero attached hydrogens (tertiary/aromatic N) is 2. The highest BCUT2D eigenvalue weighted by atomic mass is 16.5. The maximum atomic E-state index is 12.9. The van der Waals surface area contributed by atoms with E-state index in [1.165, 1.54) is 11.1 Å². The van der Waals surface area contributed by atoms with Gasteiger partial charge >= 0.3 is 0 Å². The van der Waals surface area contributed by atoms with E-state index in [1.807, 2.05) is 23.1 Å². The SMILES string of the molecule is O=C1N(Cc2ccccc2)CC2(CN(CCc3ccccc3)C2)OC12CC2. The number of hydrogen-bond acceptors (Lipinski definition) is 3. The fraction of sp³-hybridized carbons (Fsp3) is 0.435. The molecule has 3 fully saturated rings. The average molecular weight is 362 g/mol. The predicted molar refractivity (Wildman–Crippen MR) is 104 cm³/mol. The molecule has 2 saturated heterocycles. The Kier molecular flexibility index (Phi) is 4.06. The van der Waals surface area contributed by atoms with Crippen molar-refractivity contribution >= 4 is 5.91 Å². The molecular formula is C23H26N2O2. The summed E-state index contributed by atoms with van der Waals surface area (Å²) in [6.45, 7) is 4.32. The van der Waals surface area contributed by atoms with Gasteiger partial charge in [0.25, 0.3) is 5.91 Å². The number of ether oxygens (including phenoxy) is 1. The average Bonchev–Trinajstić information content (AvgIpc) is 3.44. The van der Waals surface area contributed by atoms with Crippen molar-refractivity contribution in [2.45, 2.75) is 37.0 Å². The van der Waals surface area contributed by atoms with Crippen molar-refractivity contribution in [3.63, 3.8) is 0 Å². The molecule has 0 radical (unpaired) electrons. The zero-order chi connectivity index (χ0) is 18.3. The molecule has 2 aliphatic heterocycles. The van der Waals surface area contributed by atoms with Crippen LogP contribution in [-0.4, -0.2) is 53.1 Å². The number of morpholine rings is 1. The van der Waals surface area contributed by atoms with Crippen LogP contribution in [0.2, 0.25) is 0 Å². The summed E-state index contributed by atoms with van der Waals surface area (Å²) >= 11 is 0. The van der Waals surface area contributed by atoms with Crippen molar-refractivity contribution in [2.24, 2.45) is 0 Å². The van der Waals surface area contributed by atoms with Crippen molar-refractivity contribution in [3.8, 4) is 0 Å². The van der Waals surface area contributed by atoms with Crippen molar-refractivity contribution in [3.05, 3.63) is 71.8 Å². The second kappa shape index (κ2) is 6.47. The van der Waals surface area contributed by atoms with Crippen molar-refractivity contribution in [2.75, 3.05) is 26.2 Å². The van der Waals surface area contributed by atoms with Crippen LogP contribution in [0.4, 0.5) is 0 Å². The van der Waals surface area contributed by atoms with Gasteiger partial charge in [-0.05, 0) is 30.4 Å². The highest BCUT2D eigenvalue weighted by Crippen LogP contribution is 2.49. The predicted octanol–water partition coefficient (Wildman–Crippen LogP) is 2.88. The molecule has 0 unspecified atom stereocenters. The first-order chi connectivity index (χ1) is 13.2. The molecule has 5 rings (SSSR count). The van der Waals surface area contributed by atoms with Gasteiger partial charge in [0, 0.05) is 26.2 Å². The highest BCUT2D eigenvalue weighted by molar-refractivity contribution is 5.89. The van der Waals surface area contributed by atoms with E-state index < -0.39 is 5.60 Å². The first kappa shape index (κ1) is 17.0. The van der Waals surface area contributed by atoms with E-state index >= 15 is 0 Å². The fourth-order valence-electron chi connectivity index (χ4n) is 4.58. The van der Waals surface area contributed by atoms with Crippen molar-refractivity contribution < 1.29 is 9.53 Å². The third-order valence-corrected chi connectivity index (χ3v) is 6.07. The molecular weight excluding hydrogens is 336 g/mol. The monoisotopic (exact) mass is 362 g/mol. The molecule has 0 atom stereocenters. The number of hydrogen-bond donors (Lipinski definition) is 0. The minimum absolute atomic E-state index is 0.171. The number of amides is 1. The number of benzene rings is 2. The van der Waals surface area contributed by atoms with Gasteiger partial charge in [0.15, 0.2) is 0 Å². The molecule has 1 amide bonds. The summed E-state index contributed by atoms with van der Waals surface area (Å²) in [7, 11) is 0. The van der Waals surface area contributed by atoms with Gasteiger partial charge in [-0.15, -0.1) is 0 Å². The lowest BCUT2D eigenvalue weighted by Gasteiger charge is -2.56. The maximum Gasteiger partial charge on any atom is 0.255 e. The van der Waals surface area contributed by atoms with Crippen LogP contribution in [0.15, 0.2) is 60.7 Å². The van der Waals surface area contributed by atoms with E-state index in [0.29, 0.717) is 13.1 Å². The van der Waals surface area contributed by atoms with Crippen LogP contribution >= 0.6 is 0 Å². The molecule has 3 aliphatic rings. The van der Waals surface area contributed by atoms with Crippen LogP contribution in [0.5, 0.6) is 0 Å². The summed E-state index contributed by atoms with van der Waals surface area (Å²) < 4.78 is 6.44. The Morgan fingerprint density at radius 3 is 2.11 bits per heavy atom. The Labute approximate surface area is 160 Å². The molecule has 2 aromatic rings. The standard InChI is InChI=1S/C23H26N2O2/c26-21-23(12-13-23)27-22(18-25(21)15-20-9-5-2-6-10-20)16-24(17-22)14-11-19-7-3-1-4-8-19/h1-10H,11-18H2. The lowest BCUT2D eigenvalue weighted by atomic mass is 9.89. The summed E-state index contributed by atoms with van der Waals surface area (Å²) in [4.78, 5) is 17.4. The maximum absolute atomic E-state index is 12.9. The van der Waals surface area contributed by atoms with E-state index in [4.69, 9.17) is 4.74 Å². The molecule has 2 aromatic carbocycles. The third kappa shape index (κ3) is 3.28. The summed E-state index contributed by atoms with van der Waals surface area (Å²) in [5, 5.41) is 0. The second-order valence-corrected chi connectivity index (χ2v) is 8.37. The van der Waals surface area contributed by atoms with Crippen LogP contribution in [-0.2, 0) is 22.5 Å². The highest BCUT2D eigenvalue weighted by Gasteiger charge is 2.64. The number of rotatable bonds is 5. The molecule has 0 N–H and O–H groups in total. The Balaban J connectivity index is 1.23. The minimum Gasteiger partial charge on any atom is -0.354 e.